The maximum atomic E-state index is 6.22. The summed E-state index contributed by atoms with van der Waals surface area (Å²) in [6.07, 6.45) is 3.16. The normalized spacial score (nSPS) is 20.6. The molecule has 0 aliphatic carbocycles. The lowest BCUT2D eigenvalue weighted by Crippen LogP contribution is -2.34. The first-order valence-electron chi connectivity index (χ1n) is 7.96. The van der Waals surface area contributed by atoms with Gasteiger partial charge in [-0.3, -0.25) is 4.99 Å². The summed E-state index contributed by atoms with van der Waals surface area (Å²) in [5.74, 6) is 1.79. The molecule has 2 aliphatic heterocycles. The molecule has 0 radical (unpaired) electrons. The van der Waals surface area contributed by atoms with Gasteiger partial charge in [-0.25, -0.2) is 0 Å². The Hall–Kier alpha value is -1.66. The smallest absolute Gasteiger partial charge is 0.188 e. The van der Waals surface area contributed by atoms with E-state index in [1.54, 1.807) is 0 Å². The summed E-state index contributed by atoms with van der Waals surface area (Å²) in [4.78, 5) is 4.31. The van der Waals surface area contributed by atoms with Gasteiger partial charge in [-0.2, -0.15) is 0 Å². The summed E-state index contributed by atoms with van der Waals surface area (Å²) >= 11 is 6.22. The molecule has 0 aromatic heterocycles. The van der Waals surface area contributed by atoms with Crippen molar-refractivity contribution in [3.8, 4) is 11.5 Å². The molecule has 0 amide bonds. The molecule has 3 rings (SSSR count). The van der Waals surface area contributed by atoms with Crippen LogP contribution in [0.4, 0.5) is 0 Å². The number of nitrogens with one attached hydrogen (secondary N) is 1. The van der Waals surface area contributed by atoms with Gasteiger partial charge in [-0.1, -0.05) is 11.6 Å². The minimum absolute atomic E-state index is 0.215. The number of nitrogens with two attached hydrogens (primary N) is 1. The van der Waals surface area contributed by atoms with Crippen LogP contribution >= 0.6 is 11.6 Å². The fourth-order valence-corrected chi connectivity index (χ4v) is 2.98. The van der Waals surface area contributed by atoms with E-state index in [9.17, 15) is 0 Å². The molecule has 7 heteroatoms. The van der Waals surface area contributed by atoms with E-state index in [0.717, 1.165) is 31.4 Å². The molecular formula is C16H22ClN3O3. The van der Waals surface area contributed by atoms with Gasteiger partial charge < -0.3 is 25.3 Å². The molecule has 3 N–H and O–H groups in total. The van der Waals surface area contributed by atoms with Crippen molar-refractivity contribution in [1.82, 2.24) is 5.32 Å². The Kier molecular flexibility index (Phi) is 5.46. The average molecular weight is 340 g/mol. The number of benzene rings is 1. The van der Waals surface area contributed by atoms with E-state index in [-0.39, 0.29) is 6.10 Å². The van der Waals surface area contributed by atoms with Gasteiger partial charge in [0.25, 0.3) is 0 Å². The summed E-state index contributed by atoms with van der Waals surface area (Å²) in [6, 6.07) is 3.86. The number of aliphatic imine (C=N–C) groups is 1. The van der Waals surface area contributed by atoms with Crippen molar-refractivity contribution in [3.63, 3.8) is 0 Å². The van der Waals surface area contributed by atoms with Gasteiger partial charge in [0.15, 0.2) is 17.5 Å². The molecule has 126 valence electrons. The molecule has 0 spiro atoms. The second kappa shape index (κ2) is 7.75. The number of guanidine groups is 1. The Labute approximate surface area is 140 Å². The maximum Gasteiger partial charge on any atom is 0.188 e. The molecule has 1 unspecified atom stereocenters. The first kappa shape index (κ1) is 16.2. The van der Waals surface area contributed by atoms with Crippen LogP contribution < -0.4 is 20.5 Å². The highest BCUT2D eigenvalue weighted by atomic mass is 35.5. The summed E-state index contributed by atoms with van der Waals surface area (Å²) in [5, 5.41) is 3.69. The van der Waals surface area contributed by atoms with E-state index in [1.165, 1.54) is 0 Å². The van der Waals surface area contributed by atoms with Crippen molar-refractivity contribution in [2.75, 3.05) is 32.9 Å². The number of rotatable bonds is 5. The second-order valence-corrected chi connectivity index (χ2v) is 6.05. The van der Waals surface area contributed by atoms with Crippen molar-refractivity contribution in [2.45, 2.75) is 25.4 Å². The van der Waals surface area contributed by atoms with Crippen LogP contribution in [0.25, 0.3) is 0 Å². The molecule has 1 fully saturated rings. The fraction of sp³-hybridized carbons (Fsp3) is 0.562. The molecule has 1 saturated heterocycles. The second-order valence-electron chi connectivity index (χ2n) is 5.64. The summed E-state index contributed by atoms with van der Waals surface area (Å²) in [6.45, 7) is 3.21. The maximum absolute atomic E-state index is 6.22. The third-order valence-corrected chi connectivity index (χ3v) is 4.15. The topological polar surface area (TPSA) is 78.1 Å². The van der Waals surface area contributed by atoms with Gasteiger partial charge in [0.1, 0.15) is 13.2 Å². The van der Waals surface area contributed by atoms with Gasteiger partial charge in [0.2, 0.25) is 0 Å². The minimum atomic E-state index is 0.215. The zero-order chi connectivity index (χ0) is 16.1. The van der Waals surface area contributed by atoms with Crippen LogP contribution in [0.1, 0.15) is 18.4 Å². The molecule has 2 aliphatic rings. The third kappa shape index (κ3) is 4.42. The molecular weight excluding hydrogens is 318 g/mol. The first-order valence-corrected chi connectivity index (χ1v) is 8.33. The number of halogens is 1. The summed E-state index contributed by atoms with van der Waals surface area (Å²) in [7, 11) is 0. The van der Waals surface area contributed by atoms with Crippen LogP contribution in [-0.4, -0.2) is 45.0 Å². The van der Waals surface area contributed by atoms with Gasteiger partial charge in [-0.05, 0) is 37.0 Å². The molecule has 0 saturated carbocycles. The summed E-state index contributed by atoms with van der Waals surface area (Å²) < 4.78 is 16.6. The number of fused-ring (bicyclic) bond motifs is 1. The average Bonchev–Trinajstić information content (AvgIpc) is 3.06. The van der Waals surface area contributed by atoms with Crippen LogP contribution in [0.2, 0.25) is 5.02 Å². The molecule has 6 nitrogen and oxygen atoms in total. The molecule has 1 aromatic carbocycles. The van der Waals surface area contributed by atoms with Crippen molar-refractivity contribution < 1.29 is 14.2 Å². The highest BCUT2D eigenvalue weighted by molar-refractivity contribution is 6.32. The first-order chi connectivity index (χ1) is 11.2. The van der Waals surface area contributed by atoms with E-state index in [4.69, 9.17) is 31.5 Å². The van der Waals surface area contributed by atoms with Crippen molar-refractivity contribution in [3.05, 3.63) is 22.7 Å². The van der Waals surface area contributed by atoms with Gasteiger partial charge in [-0.15, -0.1) is 0 Å². The zero-order valence-electron chi connectivity index (χ0n) is 13.0. The largest absolute Gasteiger partial charge is 0.486 e. The molecule has 1 atom stereocenters. The number of hydrogen-bond donors (Lipinski definition) is 2. The van der Waals surface area contributed by atoms with Gasteiger partial charge >= 0.3 is 0 Å². The molecule has 23 heavy (non-hydrogen) atoms. The van der Waals surface area contributed by atoms with Crippen LogP contribution in [-0.2, 0) is 11.2 Å². The summed E-state index contributed by atoms with van der Waals surface area (Å²) in [5.41, 5.74) is 6.94. The van der Waals surface area contributed by atoms with Crippen LogP contribution in [0.5, 0.6) is 11.5 Å². The van der Waals surface area contributed by atoms with Crippen LogP contribution in [0, 0.1) is 0 Å². The monoisotopic (exact) mass is 339 g/mol. The fourth-order valence-electron chi connectivity index (χ4n) is 2.69. The van der Waals surface area contributed by atoms with E-state index >= 15 is 0 Å². The van der Waals surface area contributed by atoms with Crippen molar-refractivity contribution in [2.24, 2.45) is 10.7 Å². The number of hydrogen-bond acceptors (Lipinski definition) is 4. The quantitative estimate of drug-likeness (QED) is 0.631. The van der Waals surface area contributed by atoms with Crippen molar-refractivity contribution >= 4 is 17.6 Å². The lowest BCUT2D eigenvalue weighted by Gasteiger charge is -2.20. The van der Waals surface area contributed by atoms with Crippen LogP contribution in [0.3, 0.4) is 0 Å². The third-order valence-electron chi connectivity index (χ3n) is 3.87. The Morgan fingerprint density at radius 1 is 1.30 bits per heavy atom. The van der Waals surface area contributed by atoms with Gasteiger partial charge in [0, 0.05) is 13.2 Å². The molecule has 1 aromatic rings. The number of ether oxygens (including phenoxy) is 3. The van der Waals surface area contributed by atoms with E-state index < -0.39 is 0 Å². The lowest BCUT2D eigenvalue weighted by atomic mass is 10.1. The zero-order valence-corrected chi connectivity index (χ0v) is 13.8. The number of nitrogens with zero attached hydrogens (tertiary/aromatic N) is 1. The van der Waals surface area contributed by atoms with Gasteiger partial charge in [0.05, 0.1) is 17.7 Å². The van der Waals surface area contributed by atoms with E-state index in [2.05, 4.69) is 10.3 Å². The van der Waals surface area contributed by atoms with E-state index in [1.807, 2.05) is 12.1 Å². The highest BCUT2D eigenvalue weighted by Crippen LogP contribution is 2.38. The Bertz CT molecular complexity index is 574. The Morgan fingerprint density at radius 3 is 3.00 bits per heavy atom. The SMILES string of the molecule is NC(=NCC1CCCO1)NCCc1cc(Cl)c2c(c1)OCCO2. The lowest BCUT2D eigenvalue weighted by molar-refractivity contribution is 0.118. The predicted octanol–water partition coefficient (Wildman–Crippen LogP) is 1.74. The highest BCUT2D eigenvalue weighted by Gasteiger charge is 2.17. The molecule has 2 heterocycles. The Morgan fingerprint density at radius 2 is 2.17 bits per heavy atom. The van der Waals surface area contributed by atoms with Crippen LogP contribution in [0.15, 0.2) is 17.1 Å². The minimum Gasteiger partial charge on any atom is -0.486 e. The standard InChI is InChI=1S/C16H22ClN3O3/c17-13-8-11(9-14-15(13)23-7-6-22-14)3-4-19-16(18)20-10-12-2-1-5-21-12/h8-9,12H,1-7,10H2,(H3,18,19,20). The van der Waals surface area contributed by atoms with Crippen molar-refractivity contribution in [1.29, 1.82) is 0 Å². The predicted molar refractivity (Wildman–Crippen MR) is 89.6 cm³/mol. The van der Waals surface area contributed by atoms with E-state index in [0.29, 0.717) is 48.8 Å². The Balaban J connectivity index is 1.48. The molecule has 0 bridgehead atoms.